The summed E-state index contributed by atoms with van der Waals surface area (Å²) >= 11 is 0. The van der Waals surface area contributed by atoms with Gasteiger partial charge in [0.25, 0.3) is 0 Å². The van der Waals surface area contributed by atoms with E-state index in [0.29, 0.717) is 32.8 Å². The zero-order valence-corrected chi connectivity index (χ0v) is 38.3. The highest BCUT2D eigenvalue weighted by Crippen LogP contribution is 2.17. The Labute approximate surface area is 373 Å². The third-order valence-corrected chi connectivity index (χ3v) is 9.63. The van der Waals surface area contributed by atoms with Gasteiger partial charge in [0, 0.05) is 85.1 Å². The molecule has 0 rings (SSSR count). The highest BCUT2D eigenvalue weighted by molar-refractivity contribution is 5.93. The van der Waals surface area contributed by atoms with E-state index in [1.165, 1.54) is 27.7 Å². The lowest BCUT2D eigenvalue weighted by Crippen LogP contribution is -2.52. The van der Waals surface area contributed by atoms with Gasteiger partial charge in [0.15, 0.2) is 11.6 Å². The highest BCUT2D eigenvalue weighted by atomic mass is 16.5. The van der Waals surface area contributed by atoms with Gasteiger partial charge >= 0.3 is 0 Å². The van der Waals surface area contributed by atoms with E-state index in [0.717, 1.165) is 0 Å². The molecule has 0 spiro atoms. The normalized spacial score (nSPS) is 13.0. The quantitative estimate of drug-likeness (QED) is 0.0740. The van der Waals surface area contributed by atoms with Gasteiger partial charge in [0.05, 0.1) is 52.3 Å². The van der Waals surface area contributed by atoms with Crippen molar-refractivity contribution in [2.45, 2.75) is 124 Å². The van der Waals surface area contributed by atoms with E-state index in [4.69, 9.17) is 28.4 Å². The van der Waals surface area contributed by atoms with Crippen LogP contribution in [0.4, 0.5) is 0 Å². The summed E-state index contributed by atoms with van der Waals surface area (Å²) in [6.07, 6.45) is 0.765. The maximum atomic E-state index is 13.3. The van der Waals surface area contributed by atoms with Crippen molar-refractivity contribution >= 4 is 58.2 Å². The molecular weight excluding hydrogens is 826 g/mol. The maximum Gasteiger partial charge on any atom is 0.246 e. The summed E-state index contributed by atoms with van der Waals surface area (Å²) in [6.45, 7) is 9.28. The fourth-order valence-electron chi connectivity index (χ4n) is 5.97. The van der Waals surface area contributed by atoms with Gasteiger partial charge < -0.3 is 54.0 Å². The number of ketones is 7. The molecule has 4 atom stereocenters. The molecular formula is C44H75N3O16. The summed E-state index contributed by atoms with van der Waals surface area (Å²) in [4.78, 5) is 124. The van der Waals surface area contributed by atoms with Crippen molar-refractivity contribution in [1.82, 2.24) is 16.0 Å². The van der Waals surface area contributed by atoms with Crippen molar-refractivity contribution in [1.29, 1.82) is 0 Å². The number of ether oxygens (including phenoxy) is 6. The van der Waals surface area contributed by atoms with Gasteiger partial charge in [0.1, 0.15) is 48.2 Å². The van der Waals surface area contributed by atoms with E-state index in [9.17, 15) is 47.9 Å². The van der Waals surface area contributed by atoms with Crippen LogP contribution < -0.4 is 16.0 Å². The Morgan fingerprint density at radius 2 is 1.05 bits per heavy atom. The molecule has 0 aromatic heterocycles. The number of carbonyl (C=O) groups is 10. The molecule has 0 saturated heterocycles. The van der Waals surface area contributed by atoms with Gasteiger partial charge in [-0.1, -0.05) is 0 Å². The van der Waals surface area contributed by atoms with Crippen LogP contribution in [0.1, 0.15) is 113 Å². The summed E-state index contributed by atoms with van der Waals surface area (Å²) < 4.78 is 31.8. The lowest BCUT2D eigenvalue weighted by molar-refractivity contribution is -0.134. The van der Waals surface area contributed by atoms with Gasteiger partial charge in [-0.2, -0.15) is 0 Å². The Bertz CT molecular complexity index is 1450. The number of methoxy groups -OCH3 is 1. The number of carbonyl (C=O) groups excluding carboxylic acids is 10. The summed E-state index contributed by atoms with van der Waals surface area (Å²) in [5.41, 5.74) is 0. The predicted octanol–water partition coefficient (Wildman–Crippen LogP) is 2.04. The molecule has 0 aromatic carbocycles. The van der Waals surface area contributed by atoms with E-state index in [2.05, 4.69) is 16.0 Å². The molecule has 0 aliphatic heterocycles. The molecule has 3 N–H and O–H groups in total. The van der Waals surface area contributed by atoms with Crippen LogP contribution >= 0.6 is 0 Å². The summed E-state index contributed by atoms with van der Waals surface area (Å²) in [5.74, 6) is -4.77. The van der Waals surface area contributed by atoms with Gasteiger partial charge in [-0.3, -0.25) is 38.4 Å². The molecule has 0 fully saturated rings. The standard InChI is InChI=1S/C44H73N3O16.H2/c1-7-59-23-25-62-29-39(54)28-36(43(56)45-18-20-61-22-21-58-6)13-14-37(52)9-8-19-60-24-26-63-30-42(55)46-41(44(57)47-40(34(5)51)16-11-32(3)49)17-15-38(53)27-35(33(4)50)12-10-31(2)48;/h35-36,40-41H,7-30H2,1-6H3,(H,45,56)(H,46,55)(H,47,57);1H. The fourth-order valence-corrected chi connectivity index (χ4v) is 5.97. The van der Waals surface area contributed by atoms with Crippen LogP contribution in [0.5, 0.6) is 0 Å². The molecule has 0 bridgehead atoms. The first kappa shape index (κ1) is 58.9. The molecule has 0 saturated carbocycles. The molecule has 3 amide bonds. The van der Waals surface area contributed by atoms with Crippen LogP contribution in [0.15, 0.2) is 0 Å². The number of rotatable bonds is 43. The Balaban J connectivity index is 0. The van der Waals surface area contributed by atoms with Crippen LogP contribution in [0.2, 0.25) is 0 Å². The summed E-state index contributed by atoms with van der Waals surface area (Å²) in [6, 6.07) is -2.23. The number of hydrogen-bond acceptors (Lipinski definition) is 16. The molecule has 0 aliphatic carbocycles. The Morgan fingerprint density at radius 1 is 0.492 bits per heavy atom. The second-order valence-corrected chi connectivity index (χ2v) is 15.3. The largest absolute Gasteiger partial charge is 0.382 e. The zero-order valence-electron chi connectivity index (χ0n) is 38.3. The van der Waals surface area contributed by atoms with Crippen molar-refractivity contribution in [3.8, 4) is 0 Å². The van der Waals surface area contributed by atoms with Crippen molar-refractivity contribution < 1.29 is 77.8 Å². The summed E-state index contributed by atoms with van der Waals surface area (Å²) in [5, 5.41) is 7.85. The number of hydrogen-bond donors (Lipinski definition) is 3. The van der Waals surface area contributed by atoms with Crippen LogP contribution in [0, 0.1) is 11.8 Å². The lowest BCUT2D eigenvalue weighted by Gasteiger charge is -2.22. The third kappa shape index (κ3) is 33.1. The van der Waals surface area contributed by atoms with E-state index < -0.39 is 48.1 Å². The SMILES string of the molecule is CCOCCOCC(=O)CC(CCC(=O)CCCOCCOCC(=O)NC(CCC(=O)CC(CCC(C)=O)C(C)=O)C(=O)NC(CCC(C)=O)C(C)=O)C(=O)NCCOCCOC.[HH]. The van der Waals surface area contributed by atoms with Gasteiger partial charge in [-0.15, -0.1) is 0 Å². The van der Waals surface area contributed by atoms with Crippen molar-refractivity contribution in [3.63, 3.8) is 0 Å². The number of amides is 3. The Hall–Kier alpha value is -4.14. The van der Waals surface area contributed by atoms with E-state index in [1.54, 1.807) is 7.11 Å². The minimum absolute atomic E-state index is 0. The first-order chi connectivity index (χ1) is 30.0. The van der Waals surface area contributed by atoms with E-state index in [1.807, 2.05) is 6.92 Å². The van der Waals surface area contributed by atoms with Crippen LogP contribution in [0.3, 0.4) is 0 Å². The van der Waals surface area contributed by atoms with Crippen molar-refractivity contribution in [3.05, 3.63) is 0 Å². The highest BCUT2D eigenvalue weighted by Gasteiger charge is 2.28. The minimum atomic E-state index is -1.24. The molecule has 0 aliphatic rings. The molecule has 19 heteroatoms. The van der Waals surface area contributed by atoms with E-state index in [-0.39, 0.29) is 159 Å². The van der Waals surface area contributed by atoms with Gasteiger partial charge in [-0.25, -0.2) is 0 Å². The molecule has 0 radical (unpaired) electrons. The smallest absolute Gasteiger partial charge is 0.246 e. The van der Waals surface area contributed by atoms with Crippen LogP contribution in [-0.4, -0.2) is 157 Å². The summed E-state index contributed by atoms with van der Waals surface area (Å²) in [7, 11) is 1.55. The van der Waals surface area contributed by atoms with Crippen LogP contribution in [0.25, 0.3) is 0 Å². The third-order valence-electron chi connectivity index (χ3n) is 9.63. The van der Waals surface area contributed by atoms with Gasteiger partial charge in [-0.05, 0) is 66.7 Å². The first-order valence-corrected chi connectivity index (χ1v) is 21.8. The average Bonchev–Trinajstić information content (AvgIpc) is 3.22. The maximum absolute atomic E-state index is 13.3. The number of nitrogens with one attached hydrogen (secondary N) is 3. The number of Topliss-reactive ketones (excluding diaryl/α,β-unsaturated/α-hetero) is 7. The average molecular weight is 902 g/mol. The fraction of sp³-hybridized carbons (Fsp3) is 0.773. The zero-order chi connectivity index (χ0) is 47.4. The first-order valence-electron chi connectivity index (χ1n) is 21.8. The molecule has 0 aromatic rings. The monoisotopic (exact) mass is 902 g/mol. The topological polar surface area (TPSA) is 262 Å². The minimum Gasteiger partial charge on any atom is -0.382 e. The van der Waals surface area contributed by atoms with Crippen molar-refractivity contribution in [2.24, 2.45) is 11.8 Å². The Morgan fingerprint density at radius 3 is 1.68 bits per heavy atom. The molecule has 19 nitrogen and oxygen atoms in total. The Kier molecular flexibility index (Phi) is 34.8. The second-order valence-electron chi connectivity index (χ2n) is 15.3. The molecule has 0 heterocycles. The lowest BCUT2D eigenvalue weighted by atomic mass is 9.91. The second kappa shape index (κ2) is 37.3. The molecule has 63 heavy (non-hydrogen) atoms. The van der Waals surface area contributed by atoms with E-state index >= 15 is 0 Å². The van der Waals surface area contributed by atoms with Crippen LogP contribution in [-0.2, 0) is 76.4 Å². The molecule has 4 unspecified atom stereocenters. The predicted molar refractivity (Wildman–Crippen MR) is 231 cm³/mol. The van der Waals surface area contributed by atoms with Gasteiger partial charge in [0.2, 0.25) is 17.7 Å². The van der Waals surface area contributed by atoms with Crippen molar-refractivity contribution in [2.75, 3.05) is 86.3 Å². The molecule has 362 valence electrons.